The number of benzene rings is 1. The summed E-state index contributed by atoms with van der Waals surface area (Å²) in [5.74, 6) is -2.15. The van der Waals surface area contributed by atoms with Crippen LogP contribution in [-0.4, -0.2) is 33.6 Å². The third-order valence-corrected chi connectivity index (χ3v) is 6.36. The van der Waals surface area contributed by atoms with Crippen molar-refractivity contribution in [2.24, 2.45) is 22.4 Å². The van der Waals surface area contributed by atoms with E-state index in [0.717, 1.165) is 6.42 Å². The van der Waals surface area contributed by atoms with Crippen LogP contribution in [0.2, 0.25) is 0 Å². The number of fused-ring (bicyclic) bond motifs is 1. The molecule has 0 unspecified atom stereocenters. The molecule has 1 fully saturated rings. The number of halogens is 3. The van der Waals surface area contributed by atoms with Gasteiger partial charge >= 0.3 is 6.18 Å². The number of aliphatic hydroxyl groups is 1. The van der Waals surface area contributed by atoms with Gasteiger partial charge in [0.25, 0.3) is 11.6 Å². The molecule has 0 saturated heterocycles. The second-order valence-electron chi connectivity index (χ2n) is 8.16. The molecule has 3 rings (SSSR count). The number of carbonyl (C=O) groups is 1. The normalized spacial score (nSPS) is 28.7. The molecule has 0 bridgehead atoms. The Kier molecular flexibility index (Phi) is 4.87. The van der Waals surface area contributed by atoms with Crippen molar-refractivity contribution in [1.29, 1.82) is 0 Å². The molecular weight excluding hydrogens is 357 g/mol. The van der Waals surface area contributed by atoms with Crippen LogP contribution in [0.4, 0.5) is 13.2 Å². The van der Waals surface area contributed by atoms with Crippen LogP contribution in [0.15, 0.2) is 35.4 Å². The number of carbonyl (C=O) groups excluding carboxylic acids is 1. The summed E-state index contributed by atoms with van der Waals surface area (Å²) in [6.07, 6.45) is -2.96. The lowest BCUT2D eigenvalue weighted by Crippen LogP contribution is -2.62. The first-order valence-corrected chi connectivity index (χ1v) is 9.28. The molecule has 1 N–H and O–H groups in total. The van der Waals surface area contributed by atoms with E-state index in [4.69, 9.17) is 0 Å². The van der Waals surface area contributed by atoms with Gasteiger partial charge in [0.1, 0.15) is 0 Å². The van der Waals surface area contributed by atoms with Crippen molar-refractivity contribution in [3.63, 3.8) is 0 Å². The van der Waals surface area contributed by atoms with Gasteiger partial charge < -0.3 is 5.11 Å². The lowest BCUT2D eigenvalue weighted by molar-refractivity contribution is -0.314. The SMILES string of the molecule is CCC(C)(C)[C@@H]1CCC2=NN(C(=O)c3ccccc3)[C@@](O)(C(F)(F)F)[C@@H]2C1. The van der Waals surface area contributed by atoms with Crippen LogP contribution in [0.5, 0.6) is 0 Å². The predicted octanol–water partition coefficient (Wildman–Crippen LogP) is 4.60. The van der Waals surface area contributed by atoms with Gasteiger partial charge in [0.15, 0.2) is 0 Å². The minimum atomic E-state index is -5.01. The minimum absolute atomic E-state index is 0.0205. The van der Waals surface area contributed by atoms with E-state index in [9.17, 15) is 23.1 Å². The molecule has 148 valence electrons. The highest BCUT2D eigenvalue weighted by atomic mass is 19.4. The molecule has 1 aromatic carbocycles. The molecule has 1 amide bonds. The van der Waals surface area contributed by atoms with Gasteiger partial charge in [-0.05, 0) is 42.7 Å². The molecule has 1 aromatic rings. The van der Waals surface area contributed by atoms with Crippen LogP contribution in [0.3, 0.4) is 0 Å². The first-order chi connectivity index (χ1) is 12.5. The number of rotatable bonds is 3. The van der Waals surface area contributed by atoms with E-state index in [-0.39, 0.29) is 34.0 Å². The van der Waals surface area contributed by atoms with Crippen LogP contribution >= 0.6 is 0 Å². The van der Waals surface area contributed by atoms with Gasteiger partial charge in [-0.1, -0.05) is 45.4 Å². The van der Waals surface area contributed by atoms with Gasteiger partial charge in [-0.2, -0.15) is 23.3 Å². The number of amides is 1. The van der Waals surface area contributed by atoms with E-state index in [1.165, 1.54) is 12.1 Å². The Bertz CT molecular complexity index is 745. The van der Waals surface area contributed by atoms with Gasteiger partial charge in [-0.3, -0.25) is 4.79 Å². The van der Waals surface area contributed by atoms with Crippen molar-refractivity contribution in [3.05, 3.63) is 35.9 Å². The zero-order chi connectivity index (χ0) is 20.0. The van der Waals surface area contributed by atoms with Gasteiger partial charge in [0.05, 0.1) is 5.92 Å². The molecule has 1 heterocycles. The highest BCUT2D eigenvalue weighted by molar-refractivity contribution is 5.99. The number of nitrogens with zero attached hydrogens (tertiary/aromatic N) is 2. The zero-order valence-electron chi connectivity index (χ0n) is 15.8. The summed E-state index contributed by atoms with van der Waals surface area (Å²) in [5.41, 5.74) is -3.12. The van der Waals surface area contributed by atoms with Crippen molar-refractivity contribution >= 4 is 11.6 Å². The summed E-state index contributed by atoms with van der Waals surface area (Å²) < 4.78 is 42.1. The molecule has 1 saturated carbocycles. The van der Waals surface area contributed by atoms with E-state index in [0.29, 0.717) is 12.8 Å². The molecule has 1 aliphatic carbocycles. The Labute approximate surface area is 157 Å². The van der Waals surface area contributed by atoms with E-state index < -0.39 is 23.7 Å². The molecule has 4 nitrogen and oxygen atoms in total. The van der Waals surface area contributed by atoms with Gasteiger partial charge in [-0.15, -0.1) is 0 Å². The number of alkyl halides is 3. The molecule has 1 aliphatic heterocycles. The van der Waals surface area contributed by atoms with Gasteiger partial charge in [-0.25, -0.2) is 0 Å². The number of hydrogen-bond acceptors (Lipinski definition) is 3. The maximum atomic E-state index is 14.0. The summed E-state index contributed by atoms with van der Waals surface area (Å²) in [6.45, 7) is 6.09. The second-order valence-corrected chi connectivity index (χ2v) is 8.16. The molecule has 0 radical (unpaired) electrons. The Morgan fingerprint density at radius 2 is 1.93 bits per heavy atom. The molecule has 7 heteroatoms. The fraction of sp³-hybridized carbons (Fsp3) is 0.600. The van der Waals surface area contributed by atoms with Gasteiger partial charge in [0, 0.05) is 11.3 Å². The predicted molar refractivity (Wildman–Crippen MR) is 96.0 cm³/mol. The molecule has 0 aromatic heterocycles. The summed E-state index contributed by atoms with van der Waals surface area (Å²) in [4.78, 5) is 12.7. The Morgan fingerprint density at radius 1 is 1.30 bits per heavy atom. The average molecular weight is 382 g/mol. The molecular formula is C20H25F3N2O2. The highest BCUT2D eigenvalue weighted by Crippen LogP contribution is 2.52. The first kappa shape index (κ1) is 19.9. The minimum Gasteiger partial charge on any atom is -0.362 e. The quantitative estimate of drug-likeness (QED) is 0.831. The largest absolute Gasteiger partial charge is 0.439 e. The number of hydrogen-bond donors (Lipinski definition) is 1. The van der Waals surface area contributed by atoms with E-state index >= 15 is 0 Å². The summed E-state index contributed by atoms with van der Waals surface area (Å²) in [5, 5.41) is 15.1. The Hall–Kier alpha value is -1.89. The van der Waals surface area contributed by atoms with Crippen molar-refractivity contribution in [2.75, 3.05) is 0 Å². The lowest BCUT2D eigenvalue weighted by atomic mass is 9.64. The van der Waals surface area contributed by atoms with E-state index in [1.807, 2.05) is 20.8 Å². The lowest BCUT2D eigenvalue weighted by Gasteiger charge is -2.43. The topological polar surface area (TPSA) is 52.9 Å². The third-order valence-electron chi connectivity index (χ3n) is 6.36. The maximum absolute atomic E-state index is 14.0. The smallest absolute Gasteiger partial charge is 0.362 e. The summed E-state index contributed by atoms with van der Waals surface area (Å²) in [7, 11) is 0. The molecule has 3 atom stereocenters. The summed E-state index contributed by atoms with van der Waals surface area (Å²) in [6, 6.07) is 7.64. The third kappa shape index (κ3) is 3.16. The Balaban J connectivity index is 2.00. The van der Waals surface area contributed by atoms with Gasteiger partial charge in [0.2, 0.25) is 0 Å². The van der Waals surface area contributed by atoms with Crippen LogP contribution in [0.1, 0.15) is 56.8 Å². The maximum Gasteiger partial charge on any atom is 0.439 e. The monoisotopic (exact) mass is 382 g/mol. The van der Waals surface area contributed by atoms with Crippen molar-refractivity contribution in [3.8, 4) is 0 Å². The van der Waals surface area contributed by atoms with E-state index in [2.05, 4.69) is 5.10 Å². The molecule has 2 aliphatic rings. The standard InChI is InChI=1S/C20H25F3N2O2/c1-4-18(2,3)14-10-11-16-15(12-14)19(27,20(21,22)23)25(24-16)17(26)13-8-6-5-7-9-13/h5-9,14-15,27H,4,10-12H2,1-3H3/t14-,15-,19+/m1/s1. The highest BCUT2D eigenvalue weighted by Gasteiger charge is 2.69. The second kappa shape index (κ2) is 6.62. The van der Waals surface area contributed by atoms with Crippen molar-refractivity contribution in [1.82, 2.24) is 5.01 Å². The zero-order valence-corrected chi connectivity index (χ0v) is 15.8. The molecule has 27 heavy (non-hydrogen) atoms. The average Bonchev–Trinajstić information content (AvgIpc) is 2.95. The van der Waals surface area contributed by atoms with Crippen molar-refractivity contribution in [2.45, 2.75) is 58.4 Å². The first-order valence-electron chi connectivity index (χ1n) is 9.28. The van der Waals surface area contributed by atoms with Crippen LogP contribution in [-0.2, 0) is 0 Å². The van der Waals surface area contributed by atoms with Crippen LogP contribution < -0.4 is 0 Å². The fourth-order valence-electron chi connectivity index (χ4n) is 4.12. The van der Waals surface area contributed by atoms with Crippen LogP contribution in [0.25, 0.3) is 0 Å². The molecule has 0 spiro atoms. The summed E-state index contributed by atoms with van der Waals surface area (Å²) >= 11 is 0. The van der Waals surface area contributed by atoms with E-state index in [1.54, 1.807) is 18.2 Å². The fourth-order valence-corrected chi connectivity index (χ4v) is 4.12. The Morgan fingerprint density at radius 3 is 2.48 bits per heavy atom. The van der Waals surface area contributed by atoms with Crippen LogP contribution in [0, 0.1) is 17.3 Å². The van der Waals surface area contributed by atoms with Crippen molar-refractivity contribution < 1.29 is 23.1 Å². The number of hydrazone groups is 1.